The quantitative estimate of drug-likeness (QED) is 0.729. The third-order valence-electron chi connectivity index (χ3n) is 4.49. The molecule has 0 aromatic heterocycles. The van der Waals surface area contributed by atoms with Crippen LogP contribution < -0.4 is 0 Å². The summed E-state index contributed by atoms with van der Waals surface area (Å²) in [4.78, 5) is 0. The number of rotatable bonds is 2. The van der Waals surface area contributed by atoms with Crippen LogP contribution in [0.2, 0.25) is 0 Å². The minimum absolute atomic E-state index is 0.885. The summed E-state index contributed by atoms with van der Waals surface area (Å²) >= 11 is 0. The van der Waals surface area contributed by atoms with Crippen molar-refractivity contribution >= 4 is 6.08 Å². The first kappa shape index (κ1) is 13.1. The molecule has 22 heavy (non-hydrogen) atoms. The molecule has 0 saturated heterocycles. The monoisotopic (exact) mass is 284 g/mol. The van der Waals surface area contributed by atoms with Crippen LogP contribution >= 0.6 is 0 Å². The van der Waals surface area contributed by atoms with Gasteiger partial charge in [0.15, 0.2) is 0 Å². The molecule has 1 N–H and O–H groups in total. The van der Waals surface area contributed by atoms with Crippen LogP contribution in [0.1, 0.15) is 22.3 Å². The highest BCUT2D eigenvalue weighted by Crippen LogP contribution is 2.50. The molecule has 0 spiro atoms. The van der Waals surface area contributed by atoms with Gasteiger partial charge >= 0.3 is 0 Å². The van der Waals surface area contributed by atoms with Crippen molar-refractivity contribution in [1.29, 1.82) is 0 Å². The van der Waals surface area contributed by atoms with Gasteiger partial charge in [-0.05, 0) is 22.3 Å². The fourth-order valence-corrected chi connectivity index (χ4v) is 3.38. The molecule has 0 aliphatic heterocycles. The lowest BCUT2D eigenvalue weighted by molar-refractivity contribution is 0.131. The second-order valence-electron chi connectivity index (χ2n) is 5.63. The Kier molecular flexibility index (Phi) is 2.78. The lowest BCUT2D eigenvalue weighted by Gasteiger charge is -2.26. The molecular weight excluding hydrogens is 268 g/mol. The lowest BCUT2D eigenvalue weighted by Crippen LogP contribution is -2.26. The Bertz CT molecular complexity index is 814. The minimum Gasteiger partial charge on any atom is -0.376 e. The van der Waals surface area contributed by atoms with E-state index in [2.05, 4.69) is 18.7 Å². The van der Waals surface area contributed by atoms with Crippen molar-refractivity contribution in [2.24, 2.45) is 0 Å². The highest BCUT2D eigenvalue weighted by molar-refractivity contribution is 5.82. The van der Waals surface area contributed by atoms with Crippen molar-refractivity contribution in [2.75, 3.05) is 0 Å². The first-order valence-corrected chi connectivity index (χ1v) is 7.40. The number of hydrogen-bond acceptors (Lipinski definition) is 1. The van der Waals surface area contributed by atoms with E-state index in [1.807, 2.05) is 66.7 Å². The van der Waals surface area contributed by atoms with E-state index in [9.17, 15) is 5.11 Å². The Balaban J connectivity index is 2.02. The van der Waals surface area contributed by atoms with Gasteiger partial charge in [0.05, 0.1) is 0 Å². The molecular formula is C21H16O. The lowest BCUT2D eigenvalue weighted by atomic mass is 9.84. The molecule has 0 bridgehead atoms. The summed E-state index contributed by atoms with van der Waals surface area (Å²) < 4.78 is 0. The van der Waals surface area contributed by atoms with Crippen LogP contribution in [-0.2, 0) is 5.60 Å². The van der Waals surface area contributed by atoms with Crippen molar-refractivity contribution in [1.82, 2.24) is 0 Å². The van der Waals surface area contributed by atoms with E-state index in [4.69, 9.17) is 0 Å². The molecule has 1 aliphatic rings. The third kappa shape index (κ3) is 1.63. The van der Waals surface area contributed by atoms with Gasteiger partial charge in [-0.25, -0.2) is 0 Å². The van der Waals surface area contributed by atoms with E-state index in [1.54, 1.807) is 0 Å². The van der Waals surface area contributed by atoms with Gasteiger partial charge in [0.25, 0.3) is 0 Å². The predicted octanol–water partition coefficient (Wildman–Crippen LogP) is 4.59. The molecule has 1 aliphatic carbocycles. The summed E-state index contributed by atoms with van der Waals surface area (Å²) in [6.07, 6.45) is 1.81. The zero-order valence-electron chi connectivity index (χ0n) is 12.2. The smallest absolute Gasteiger partial charge is 0.141 e. The standard InChI is InChI=1S/C21H16O/c1-2-15-11-13-16(14-12-15)21(22)19-9-5-3-7-17(19)18-8-4-6-10-20(18)21/h2-14,22H,1H2. The van der Waals surface area contributed by atoms with Gasteiger partial charge in [-0.2, -0.15) is 0 Å². The van der Waals surface area contributed by atoms with Crippen LogP contribution in [0.25, 0.3) is 17.2 Å². The molecule has 0 unspecified atom stereocenters. The van der Waals surface area contributed by atoms with Gasteiger partial charge in [-0.1, -0.05) is 85.5 Å². The van der Waals surface area contributed by atoms with E-state index in [-0.39, 0.29) is 0 Å². The third-order valence-corrected chi connectivity index (χ3v) is 4.49. The summed E-state index contributed by atoms with van der Waals surface area (Å²) in [6.45, 7) is 3.78. The maximum absolute atomic E-state index is 11.6. The summed E-state index contributed by atoms with van der Waals surface area (Å²) in [5.41, 5.74) is 4.95. The SMILES string of the molecule is C=Cc1ccc(C2(O)c3ccccc3-c3ccccc32)cc1. The zero-order valence-corrected chi connectivity index (χ0v) is 12.2. The average Bonchev–Trinajstić information content (AvgIpc) is 2.86. The molecule has 1 nitrogen and oxygen atoms in total. The predicted molar refractivity (Wildman–Crippen MR) is 90.5 cm³/mol. The minimum atomic E-state index is -1.09. The molecule has 0 saturated carbocycles. The molecule has 0 radical (unpaired) electrons. The summed E-state index contributed by atoms with van der Waals surface area (Å²) in [6, 6.07) is 24.1. The molecule has 0 atom stereocenters. The fourth-order valence-electron chi connectivity index (χ4n) is 3.38. The van der Waals surface area contributed by atoms with Crippen LogP contribution in [0.4, 0.5) is 0 Å². The van der Waals surface area contributed by atoms with Crippen molar-refractivity contribution < 1.29 is 5.11 Å². The number of aliphatic hydroxyl groups is 1. The maximum Gasteiger partial charge on any atom is 0.141 e. The van der Waals surface area contributed by atoms with Gasteiger partial charge in [-0.15, -0.1) is 0 Å². The van der Waals surface area contributed by atoms with Crippen LogP contribution in [-0.4, -0.2) is 5.11 Å². The molecule has 106 valence electrons. The number of hydrogen-bond donors (Lipinski definition) is 1. The van der Waals surface area contributed by atoms with Crippen LogP contribution in [0.3, 0.4) is 0 Å². The van der Waals surface area contributed by atoms with Crippen LogP contribution in [0.5, 0.6) is 0 Å². The van der Waals surface area contributed by atoms with Gasteiger partial charge in [0.1, 0.15) is 5.60 Å². The van der Waals surface area contributed by atoms with E-state index < -0.39 is 5.60 Å². The van der Waals surface area contributed by atoms with Gasteiger partial charge in [-0.3, -0.25) is 0 Å². The number of fused-ring (bicyclic) bond motifs is 3. The van der Waals surface area contributed by atoms with Crippen molar-refractivity contribution in [2.45, 2.75) is 5.60 Å². The topological polar surface area (TPSA) is 20.2 Å². The normalized spacial score (nSPS) is 14.2. The Morgan fingerprint density at radius 3 is 1.73 bits per heavy atom. The summed E-state index contributed by atoms with van der Waals surface area (Å²) in [7, 11) is 0. The van der Waals surface area contributed by atoms with Crippen LogP contribution in [0, 0.1) is 0 Å². The molecule has 0 fully saturated rings. The summed E-state index contributed by atoms with van der Waals surface area (Å²) in [5.74, 6) is 0. The van der Waals surface area contributed by atoms with Gasteiger partial charge < -0.3 is 5.11 Å². The highest BCUT2D eigenvalue weighted by Gasteiger charge is 2.42. The van der Waals surface area contributed by atoms with E-state index in [1.165, 1.54) is 0 Å². The van der Waals surface area contributed by atoms with Crippen molar-refractivity contribution in [3.8, 4) is 11.1 Å². The van der Waals surface area contributed by atoms with Crippen molar-refractivity contribution in [3.05, 3.63) is 102 Å². The molecule has 0 heterocycles. The Morgan fingerprint density at radius 1 is 0.727 bits per heavy atom. The molecule has 3 aromatic carbocycles. The Morgan fingerprint density at radius 2 is 1.23 bits per heavy atom. The highest BCUT2D eigenvalue weighted by atomic mass is 16.3. The second-order valence-corrected chi connectivity index (χ2v) is 5.63. The first-order valence-electron chi connectivity index (χ1n) is 7.40. The first-order chi connectivity index (χ1) is 10.7. The van der Waals surface area contributed by atoms with E-state index in [0.717, 1.165) is 33.4 Å². The van der Waals surface area contributed by atoms with Crippen LogP contribution in [0.15, 0.2) is 79.4 Å². The zero-order chi connectivity index (χ0) is 15.2. The van der Waals surface area contributed by atoms with E-state index >= 15 is 0 Å². The molecule has 3 aromatic rings. The molecule has 1 heteroatoms. The average molecular weight is 284 g/mol. The number of benzene rings is 3. The van der Waals surface area contributed by atoms with Gasteiger partial charge in [0.2, 0.25) is 0 Å². The van der Waals surface area contributed by atoms with E-state index in [0.29, 0.717) is 0 Å². The largest absolute Gasteiger partial charge is 0.376 e. The molecule has 0 amide bonds. The second kappa shape index (κ2) is 4.69. The van der Waals surface area contributed by atoms with Crippen molar-refractivity contribution in [3.63, 3.8) is 0 Å². The Labute approximate surface area is 130 Å². The maximum atomic E-state index is 11.6. The summed E-state index contributed by atoms with van der Waals surface area (Å²) in [5, 5.41) is 11.6. The Hall–Kier alpha value is -2.64. The fraction of sp³-hybridized carbons (Fsp3) is 0.0476. The molecule has 4 rings (SSSR count). The van der Waals surface area contributed by atoms with Gasteiger partial charge in [0, 0.05) is 11.1 Å².